The zero-order chi connectivity index (χ0) is 12.8. The summed E-state index contributed by atoms with van der Waals surface area (Å²) in [5, 5.41) is 2.72. The topological polar surface area (TPSA) is 55.1 Å². The van der Waals surface area contributed by atoms with Crippen molar-refractivity contribution in [2.75, 3.05) is 5.73 Å². The predicted molar refractivity (Wildman–Crippen MR) is 65.8 cm³/mol. The molecule has 1 rings (SSSR count). The van der Waals surface area contributed by atoms with Crippen LogP contribution < -0.4 is 11.1 Å². The lowest BCUT2D eigenvalue weighted by atomic mass is 10.1. The maximum Gasteiger partial charge on any atom is 0.253 e. The molecule has 1 unspecified atom stereocenters. The van der Waals surface area contributed by atoms with Gasteiger partial charge in [-0.2, -0.15) is 0 Å². The van der Waals surface area contributed by atoms with Crippen molar-refractivity contribution in [2.45, 2.75) is 25.8 Å². The second-order valence-corrected chi connectivity index (χ2v) is 3.69. The third-order valence-electron chi connectivity index (χ3n) is 2.49. The summed E-state index contributed by atoms with van der Waals surface area (Å²) in [4.78, 5) is 11.8. The number of amides is 1. The van der Waals surface area contributed by atoms with Crippen LogP contribution in [0.25, 0.3) is 0 Å². The van der Waals surface area contributed by atoms with Crippen LogP contribution in [0.3, 0.4) is 0 Å². The van der Waals surface area contributed by atoms with Crippen molar-refractivity contribution < 1.29 is 9.18 Å². The summed E-state index contributed by atoms with van der Waals surface area (Å²) >= 11 is 0. The van der Waals surface area contributed by atoms with Gasteiger partial charge in [0.25, 0.3) is 5.91 Å². The number of benzene rings is 1. The zero-order valence-electron chi connectivity index (χ0n) is 9.66. The molecular weight excluding hydrogens is 219 g/mol. The van der Waals surface area contributed by atoms with Crippen LogP contribution in [-0.2, 0) is 0 Å². The van der Waals surface area contributed by atoms with Crippen molar-refractivity contribution in [1.82, 2.24) is 5.32 Å². The van der Waals surface area contributed by atoms with E-state index in [-0.39, 0.29) is 17.3 Å². The molecule has 1 aromatic carbocycles. The Morgan fingerprint density at radius 2 is 2.35 bits per heavy atom. The van der Waals surface area contributed by atoms with Gasteiger partial charge in [0.1, 0.15) is 5.82 Å². The Morgan fingerprint density at radius 1 is 1.65 bits per heavy atom. The number of anilines is 1. The van der Waals surface area contributed by atoms with Gasteiger partial charge in [-0.3, -0.25) is 4.79 Å². The van der Waals surface area contributed by atoms with E-state index < -0.39 is 11.7 Å². The summed E-state index contributed by atoms with van der Waals surface area (Å²) in [6.07, 6.45) is 6.34. The molecule has 17 heavy (non-hydrogen) atoms. The molecule has 0 saturated carbocycles. The Morgan fingerprint density at radius 3 is 2.94 bits per heavy atom. The van der Waals surface area contributed by atoms with E-state index >= 15 is 0 Å². The Balaban J connectivity index is 2.83. The average molecular weight is 234 g/mol. The lowest BCUT2D eigenvalue weighted by Gasteiger charge is -2.15. The molecule has 0 bridgehead atoms. The van der Waals surface area contributed by atoms with E-state index in [1.165, 1.54) is 18.2 Å². The van der Waals surface area contributed by atoms with Crippen molar-refractivity contribution in [3.8, 4) is 12.3 Å². The molecule has 4 heteroatoms. The summed E-state index contributed by atoms with van der Waals surface area (Å²) in [5.74, 6) is 1.49. The van der Waals surface area contributed by atoms with Gasteiger partial charge in [-0.05, 0) is 18.6 Å². The van der Waals surface area contributed by atoms with Crippen molar-refractivity contribution in [3.63, 3.8) is 0 Å². The first-order valence-electron chi connectivity index (χ1n) is 5.38. The first-order chi connectivity index (χ1) is 8.10. The molecule has 0 spiro atoms. The molecule has 0 radical (unpaired) electrons. The lowest BCUT2D eigenvalue weighted by molar-refractivity contribution is 0.0937. The van der Waals surface area contributed by atoms with Crippen molar-refractivity contribution in [1.29, 1.82) is 0 Å². The summed E-state index contributed by atoms with van der Waals surface area (Å²) in [7, 11) is 0. The third kappa shape index (κ3) is 3.22. The van der Waals surface area contributed by atoms with Crippen LogP contribution in [-0.4, -0.2) is 11.9 Å². The molecule has 3 N–H and O–H groups in total. The molecular formula is C13H15FN2O. The average Bonchev–Trinajstić information content (AvgIpc) is 2.31. The number of hydrogen-bond donors (Lipinski definition) is 2. The van der Waals surface area contributed by atoms with E-state index in [2.05, 4.69) is 11.2 Å². The normalized spacial score (nSPS) is 11.6. The Hall–Kier alpha value is -2.02. The highest BCUT2D eigenvalue weighted by molar-refractivity contribution is 5.99. The van der Waals surface area contributed by atoms with Crippen LogP contribution >= 0.6 is 0 Å². The van der Waals surface area contributed by atoms with Gasteiger partial charge in [0.15, 0.2) is 0 Å². The van der Waals surface area contributed by atoms with Crippen LogP contribution in [0.4, 0.5) is 10.1 Å². The fraction of sp³-hybridized carbons (Fsp3) is 0.308. The predicted octanol–water partition coefficient (Wildman–Crippen LogP) is 1.94. The van der Waals surface area contributed by atoms with E-state index in [1.54, 1.807) is 0 Å². The van der Waals surface area contributed by atoms with Gasteiger partial charge in [0, 0.05) is 12.5 Å². The van der Waals surface area contributed by atoms with Crippen molar-refractivity contribution >= 4 is 11.6 Å². The van der Waals surface area contributed by atoms with E-state index in [9.17, 15) is 9.18 Å². The number of terminal acetylenes is 1. The van der Waals surface area contributed by atoms with Crippen LogP contribution in [0.1, 0.15) is 30.1 Å². The van der Waals surface area contributed by atoms with E-state index in [1.807, 2.05) is 6.92 Å². The van der Waals surface area contributed by atoms with Gasteiger partial charge >= 0.3 is 0 Å². The summed E-state index contributed by atoms with van der Waals surface area (Å²) in [5.41, 5.74) is 5.50. The molecule has 90 valence electrons. The van der Waals surface area contributed by atoms with E-state index in [4.69, 9.17) is 12.2 Å². The molecule has 0 aliphatic rings. The number of nitrogen functional groups attached to an aromatic ring is 1. The minimum Gasteiger partial charge on any atom is -0.396 e. The number of halogens is 1. The first kappa shape index (κ1) is 13.0. The zero-order valence-corrected chi connectivity index (χ0v) is 9.66. The van der Waals surface area contributed by atoms with Crippen LogP contribution in [0, 0.1) is 18.2 Å². The fourth-order valence-electron chi connectivity index (χ4n) is 1.44. The highest BCUT2D eigenvalue weighted by Crippen LogP contribution is 2.15. The number of carbonyl (C=O) groups is 1. The largest absolute Gasteiger partial charge is 0.396 e. The molecule has 0 aliphatic carbocycles. The second-order valence-electron chi connectivity index (χ2n) is 3.69. The number of hydrogen-bond acceptors (Lipinski definition) is 2. The molecule has 0 aromatic heterocycles. The maximum absolute atomic E-state index is 13.2. The van der Waals surface area contributed by atoms with Gasteiger partial charge in [-0.15, -0.1) is 12.3 Å². The van der Waals surface area contributed by atoms with Crippen molar-refractivity contribution in [3.05, 3.63) is 29.6 Å². The standard InChI is InChI=1S/C13H15FN2O/c1-3-6-9(4-2)16-13(17)10-7-5-8-11(14)12(10)15/h1,5,7-9H,4,6,15H2,2H3,(H,16,17). The molecule has 0 heterocycles. The Labute approximate surface area is 100 Å². The van der Waals surface area contributed by atoms with Crippen molar-refractivity contribution in [2.24, 2.45) is 0 Å². The second kappa shape index (κ2) is 5.90. The molecule has 0 fully saturated rings. The molecule has 3 nitrogen and oxygen atoms in total. The third-order valence-corrected chi connectivity index (χ3v) is 2.49. The molecule has 1 amide bonds. The highest BCUT2D eigenvalue weighted by atomic mass is 19.1. The van der Waals surface area contributed by atoms with Crippen LogP contribution in [0.15, 0.2) is 18.2 Å². The summed E-state index contributed by atoms with van der Waals surface area (Å²) in [6, 6.07) is 4.03. The molecule has 1 atom stereocenters. The number of nitrogens with two attached hydrogens (primary N) is 1. The Bertz CT molecular complexity index is 451. The Kier molecular flexibility index (Phi) is 4.53. The number of para-hydroxylation sites is 1. The van der Waals surface area contributed by atoms with Gasteiger partial charge in [-0.25, -0.2) is 4.39 Å². The fourth-order valence-corrected chi connectivity index (χ4v) is 1.44. The highest BCUT2D eigenvalue weighted by Gasteiger charge is 2.15. The SMILES string of the molecule is C#CCC(CC)NC(=O)c1cccc(F)c1N. The minimum atomic E-state index is -0.595. The van der Waals surface area contributed by atoms with Crippen LogP contribution in [0.5, 0.6) is 0 Å². The smallest absolute Gasteiger partial charge is 0.253 e. The van der Waals surface area contributed by atoms with Gasteiger partial charge < -0.3 is 11.1 Å². The van der Waals surface area contributed by atoms with Gasteiger partial charge in [0.2, 0.25) is 0 Å². The van der Waals surface area contributed by atoms with Gasteiger partial charge in [0.05, 0.1) is 11.3 Å². The molecule has 0 aliphatic heterocycles. The van der Waals surface area contributed by atoms with Gasteiger partial charge in [-0.1, -0.05) is 13.0 Å². The molecule has 1 aromatic rings. The van der Waals surface area contributed by atoms with E-state index in [0.717, 1.165) is 0 Å². The number of nitrogens with one attached hydrogen (secondary N) is 1. The first-order valence-corrected chi connectivity index (χ1v) is 5.38. The minimum absolute atomic E-state index is 0.116. The van der Waals surface area contributed by atoms with E-state index in [0.29, 0.717) is 12.8 Å². The lowest BCUT2D eigenvalue weighted by Crippen LogP contribution is -2.34. The number of rotatable bonds is 4. The summed E-state index contributed by atoms with van der Waals surface area (Å²) in [6.45, 7) is 1.91. The monoisotopic (exact) mass is 234 g/mol. The summed E-state index contributed by atoms with van der Waals surface area (Å²) < 4.78 is 13.2. The maximum atomic E-state index is 13.2. The van der Waals surface area contributed by atoms with Crippen LogP contribution in [0.2, 0.25) is 0 Å². The number of carbonyl (C=O) groups excluding carboxylic acids is 1. The quantitative estimate of drug-likeness (QED) is 0.618. The molecule has 0 saturated heterocycles.